The van der Waals surface area contributed by atoms with Gasteiger partial charge in [-0.05, 0) is 69.2 Å². The number of sulfonamides is 2. The number of nitrogens with zero attached hydrogens (tertiary/aromatic N) is 1. The Labute approximate surface area is 199 Å². The number of nitrogens with one attached hydrogen (secondary N) is 2. The molecule has 1 aliphatic heterocycles. The third-order valence-corrected chi connectivity index (χ3v) is 8.87. The molecule has 1 amide bonds. The standard InChI is InChI=1S/C22H28FN3O6S2/c1-15(2)25-33(28,29)19-10-11-21(32-3)20(13-19)24-22(27)16-5-4-12-26(14-16)34(30,31)18-8-6-17(23)7-9-18/h6-11,13,15-16,25H,4-5,12,14H2,1-3H3,(H,24,27)/t16-/m0/s1. The maximum absolute atomic E-state index is 13.2. The molecule has 1 aliphatic rings. The average Bonchev–Trinajstić information content (AvgIpc) is 2.78. The molecule has 0 bridgehead atoms. The molecule has 2 aromatic carbocycles. The number of ether oxygens (including phenoxy) is 1. The van der Waals surface area contributed by atoms with Crippen LogP contribution >= 0.6 is 0 Å². The van der Waals surface area contributed by atoms with Crippen LogP contribution in [0.3, 0.4) is 0 Å². The monoisotopic (exact) mass is 513 g/mol. The second-order valence-electron chi connectivity index (χ2n) is 8.28. The molecule has 0 unspecified atom stereocenters. The molecule has 1 fully saturated rings. The highest BCUT2D eigenvalue weighted by Crippen LogP contribution is 2.30. The fourth-order valence-electron chi connectivity index (χ4n) is 3.70. The first-order valence-corrected chi connectivity index (χ1v) is 13.6. The predicted molar refractivity (Wildman–Crippen MR) is 125 cm³/mol. The zero-order chi connectivity index (χ0) is 25.1. The molecule has 12 heteroatoms. The van der Waals surface area contributed by atoms with Gasteiger partial charge in [-0.1, -0.05) is 0 Å². The lowest BCUT2D eigenvalue weighted by Crippen LogP contribution is -2.43. The normalized spacial score (nSPS) is 17.5. The first kappa shape index (κ1) is 26.1. The molecule has 0 aliphatic carbocycles. The number of rotatable bonds is 8. The van der Waals surface area contributed by atoms with Crippen LogP contribution in [0.4, 0.5) is 10.1 Å². The van der Waals surface area contributed by atoms with Crippen LogP contribution < -0.4 is 14.8 Å². The van der Waals surface area contributed by atoms with Crippen LogP contribution in [0.2, 0.25) is 0 Å². The molecular formula is C22H28FN3O6S2. The number of hydrogen-bond donors (Lipinski definition) is 2. The fraction of sp³-hybridized carbons (Fsp3) is 0.409. The second kappa shape index (κ2) is 10.4. The topological polar surface area (TPSA) is 122 Å². The van der Waals surface area contributed by atoms with Crippen LogP contribution in [0.5, 0.6) is 5.75 Å². The summed E-state index contributed by atoms with van der Waals surface area (Å²) in [4.78, 5) is 12.9. The van der Waals surface area contributed by atoms with Gasteiger partial charge in [-0.2, -0.15) is 4.31 Å². The highest BCUT2D eigenvalue weighted by molar-refractivity contribution is 7.89. The Morgan fingerprint density at radius 3 is 2.35 bits per heavy atom. The van der Waals surface area contributed by atoms with E-state index in [1.54, 1.807) is 13.8 Å². The van der Waals surface area contributed by atoms with E-state index in [2.05, 4.69) is 10.0 Å². The Morgan fingerprint density at radius 1 is 1.09 bits per heavy atom. The Hall–Kier alpha value is -2.54. The molecule has 1 heterocycles. The number of halogens is 1. The molecule has 0 saturated carbocycles. The summed E-state index contributed by atoms with van der Waals surface area (Å²) < 4.78 is 73.1. The van der Waals surface area contributed by atoms with Crippen LogP contribution in [-0.2, 0) is 24.8 Å². The van der Waals surface area contributed by atoms with Crippen molar-refractivity contribution in [2.45, 2.75) is 42.5 Å². The highest BCUT2D eigenvalue weighted by atomic mass is 32.2. The first-order chi connectivity index (χ1) is 15.9. The van der Waals surface area contributed by atoms with E-state index in [1.165, 1.54) is 41.7 Å². The minimum Gasteiger partial charge on any atom is -0.495 e. The van der Waals surface area contributed by atoms with Gasteiger partial charge in [0.05, 0.1) is 28.5 Å². The van der Waals surface area contributed by atoms with Gasteiger partial charge in [-0.25, -0.2) is 25.9 Å². The van der Waals surface area contributed by atoms with Crippen LogP contribution in [0.15, 0.2) is 52.3 Å². The molecule has 1 atom stereocenters. The minimum absolute atomic E-state index is 0.0403. The van der Waals surface area contributed by atoms with Gasteiger partial charge < -0.3 is 10.1 Å². The van der Waals surface area contributed by atoms with E-state index in [4.69, 9.17) is 4.74 Å². The van der Waals surface area contributed by atoms with Gasteiger partial charge in [-0.3, -0.25) is 4.79 Å². The van der Waals surface area contributed by atoms with Crippen molar-refractivity contribution in [3.05, 3.63) is 48.3 Å². The number of benzene rings is 2. The highest BCUT2D eigenvalue weighted by Gasteiger charge is 2.33. The fourth-order valence-corrected chi connectivity index (χ4v) is 6.50. The zero-order valence-electron chi connectivity index (χ0n) is 19.1. The SMILES string of the molecule is COc1ccc(S(=O)(=O)NC(C)C)cc1NC(=O)[C@H]1CCCN(S(=O)(=O)c2ccc(F)cc2)C1. The number of carbonyl (C=O) groups excluding carboxylic acids is 1. The van der Waals surface area contributed by atoms with Gasteiger partial charge in [0.2, 0.25) is 26.0 Å². The van der Waals surface area contributed by atoms with Crippen molar-refractivity contribution >= 4 is 31.6 Å². The number of methoxy groups -OCH3 is 1. The van der Waals surface area contributed by atoms with Crippen LogP contribution in [0, 0.1) is 11.7 Å². The van der Waals surface area contributed by atoms with E-state index in [-0.39, 0.29) is 40.4 Å². The Balaban J connectivity index is 1.80. The molecule has 0 aromatic heterocycles. The van der Waals surface area contributed by atoms with Crippen LogP contribution in [0.25, 0.3) is 0 Å². The van der Waals surface area contributed by atoms with Crippen molar-refractivity contribution in [1.82, 2.24) is 9.03 Å². The summed E-state index contributed by atoms with van der Waals surface area (Å²) in [5.74, 6) is -1.40. The van der Waals surface area contributed by atoms with Crippen LogP contribution in [0.1, 0.15) is 26.7 Å². The zero-order valence-corrected chi connectivity index (χ0v) is 20.7. The lowest BCUT2D eigenvalue weighted by Gasteiger charge is -2.31. The lowest BCUT2D eigenvalue weighted by atomic mass is 9.98. The van der Waals surface area contributed by atoms with Crippen LogP contribution in [-0.4, -0.2) is 53.3 Å². The van der Waals surface area contributed by atoms with Gasteiger partial charge in [0.15, 0.2) is 0 Å². The quantitative estimate of drug-likeness (QED) is 0.560. The average molecular weight is 514 g/mol. The predicted octanol–water partition coefficient (Wildman–Crippen LogP) is 2.56. The number of anilines is 1. The minimum atomic E-state index is -3.89. The number of carbonyl (C=O) groups is 1. The van der Waals surface area contributed by atoms with Crippen molar-refractivity contribution in [2.24, 2.45) is 5.92 Å². The third-order valence-electron chi connectivity index (χ3n) is 5.34. The molecule has 9 nitrogen and oxygen atoms in total. The van der Waals surface area contributed by atoms with Crippen molar-refractivity contribution in [3.8, 4) is 5.75 Å². The Kier molecular flexibility index (Phi) is 7.96. The Bertz CT molecular complexity index is 1250. The van der Waals surface area contributed by atoms with Crippen molar-refractivity contribution in [2.75, 3.05) is 25.5 Å². The first-order valence-electron chi connectivity index (χ1n) is 10.7. The summed E-state index contributed by atoms with van der Waals surface area (Å²) in [6.45, 7) is 3.57. The number of amides is 1. The van der Waals surface area contributed by atoms with E-state index in [9.17, 15) is 26.0 Å². The van der Waals surface area contributed by atoms with E-state index < -0.39 is 37.7 Å². The van der Waals surface area contributed by atoms with Gasteiger partial charge in [0, 0.05) is 19.1 Å². The number of hydrogen-bond acceptors (Lipinski definition) is 6. The van der Waals surface area contributed by atoms with Gasteiger partial charge >= 0.3 is 0 Å². The molecule has 186 valence electrons. The van der Waals surface area contributed by atoms with E-state index in [0.29, 0.717) is 12.8 Å². The third kappa shape index (κ3) is 5.93. The number of piperidine rings is 1. The van der Waals surface area contributed by atoms with Crippen molar-refractivity contribution in [3.63, 3.8) is 0 Å². The summed E-state index contributed by atoms with van der Waals surface area (Å²) in [5, 5.41) is 2.69. The smallest absolute Gasteiger partial charge is 0.243 e. The summed E-state index contributed by atoms with van der Waals surface area (Å²) in [7, 11) is -6.30. The maximum Gasteiger partial charge on any atom is 0.243 e. The van der Waals surface area contributed by atoms with Crippen molar-refractivity contribution < 1.29 is 30.8 Å². The molecule has 3 rings (SSSR count). The molecule has 0 spiro atoms. The van der Waals surface area contributed by atoms with Gasteiger partial charge in [0.1, 0.15) is 11.6 Å². The van der Waals surface area contributed by atoms with Crippen molar-refractivity contribution in [1.29, 1.82) is 0 Å². The second-order valence-corrected chi connectivity index (χ2v) is 11.9. The summed E-state index contributed by atoms with van der Waals surface area (Å²) >= 11 is 0. The van der Waals surface area contributed by atoms with Gasteiger partial charge in [0.25, 0.3) is 0 Å². The molecule has 34 heavy (non-hydrogen) atoms. The largest absolute Gasteiger partial charge is 0.495 e. The van der Waals surface area contributed by atoms with E-state index in [0.717, 1.165) is 12.1 Å². The molecule has 0 radical (unpaired) electrons. The lowest BCUT2D eigenvalue weighted by molar-refractivity contribution is -0.120. The summed E-state index contributed by atoms with van der Waals surface area (Å²) in [6, 6.07) is 8.32. The molecule has 2 N–H and O–H groups in total. The summed E-state index contributed by atoms with van der Waals surface area (Å²) in [5.41, 5.74) is 0.164. The van der Waals surface area contributed by atoms with Gasteiger partial charge in [-0.15, -0.1) is 0 Å². The molecular weight excluding hydrogens is 485 g/mol. The maximum atomic E-state index is 13.2. The Morgan fingerprint density at radius 2 is 1.74 bits per heavy atom. The molecule has 2 aromatic rings. The molecule has 1 saturated heterocycles. The van der Waals surface area contributed by atoms with E-state index >= 15 is 0 Å². The summed E-state index contributed by atoms with van der Waals surface area (Å²) in [6.07, 6.45) is 0.916. The van der Waals surface area contributed by atoms with E-state index in [1.807, 2.05) is 0 Å².